The molecule has 0 unspecified atom stereocenters. The first-order valence-corrected chi connectivity index (χ1v) is 8.83. The molecule has 3 aromatic heterocycles. The third kappa shape index (κ3) is 3.02. The number of amides is 1. The summed E-state index contributed by atoms with van der Waals surface area (Å²) in [6.07, 6.45) is -1.50. The molecule has 0 saturated carbocycles. The van der Waals surface area contributed by atoms with Crippen molar-refractivity contribution >= 4 is 34.2 Å². The Labute approximate surface area is 156 Å². The van der Waals surface area contributed by atoms with Crippen LogP contribution in [0.3, 0.4) is 0 Å². The van der Waals surface area contributed by atoms with Crippen molar-refractivity contribution < 1.29 is 18.0 Å². The number of alkyl halides is 3. The van der Waals surface area contributed by atoms with Crippen molar-refractivity contribution in [3.63, 3.8) is 0 Å². The summed E-state index contributed by atoms with van der Waals surface area (Å²) in [7, 11) is 0. The molecular formula is C19H12F3N3OS. The molecule has 1 amide bonds. The molecule has 3 aromatic rings. The van der Waals surface area contributed by atoms with E-state index < -0.39 is 23.2 Å². The Bertz CT molecular complexity index is 1060. The van der Waals surface area contributed by atoms with Crippen LogP contribution in [-0.2, 0) is 4.79 Å². The zero-order valence-electron chi connectivity index (χ0n) is 14.0. The van der Waals surface area contributed by atoms with E-state index in [-0.39, 0.29) is 16.3 Å². The van der Waals surface area contributed by atoms with Gasteiger partial charge >= 0.3 is 6.18 Å². The van der Waals surface area contributed by atoms with E-state index >= 15 is 0 Å². The Hall–Kier alpha value is -3.00. The number of pyridine rings is 2. The summed E-state index contributed by atoms with van der Waals surface area (Å²) in [5, 5.41) is 4.01. The van der Waals surface area contributed by atoms with E-state index in [0.29, 0.717) is 11.3 Å². The molecule has 1 N–H and O–H groups in total. The van der Waals surface area contributed by atoms with E-state index in [1.165, 1.54) is 12.1 Å². The van der Waals surface area contributed by atoms with Gasteiger partial charge in [0, 0.05) is 34.1 Å². The quantitative estimate of drug-likeness (QED) is 0.634. The van der Waals surface area contributed by atoms with Crippen LogP contribution in [0.2, 0.25) is 0 Å². The zero-order valence-corrected chi connectivity index (χ0v) is 14.8. The number of nitrogens with zero attached hydrogens (tertiary/aromatic N) is 2. The van der Waals surface area contributed by atoms with Gasteiger partial charge in [-0.15, -0.1) is 11.3 Å². The monoisotopic (exact) mass is 387 g/mol. The van der Waals surface area contributed by atoms with Gasteiger partial charge in [0.25, 0.3) is 5.91 Å². The van der Waals surface area contributed by atoms with Crippen molar-refractivity contribution in [3.05, 3.63) is 64.2 Å². The van der Waals surface area contributed by atoms with Crippen molar-refractivity contribution in [1.29, 1.82) is 0 Å². The molecule has 0 radical (unpaired) electrons. The molecule has 136 valence electrons. The number of halogens is 3. The van der Waals surface area contributed by atoms with Gasteiger partial charge < -0.3 is 5.32 Å². The average molecular weight is 387 g/mol. The number of aryl methyl sites for hydroxylation is 1. The SMILES string of the molecule is Cc1nc2c(cc1-c1ccncc1)C(=C(c1cccs1)C(F)(F)F)C(=O)N2. The van der Waals surface area contributed by atoms with E-state index in [1.54, 1.807) is 42.9 Å². The molecule has 4 rings (SSSR count). The van der Waals surface area contributed by atoms with E-state index in [4.69, 9.17) is 0 Å². The molecule has 8 heteroatoms. The van der Waals surface area contributed by atoms with Crippen LogP contribution in [0.25, 0.3) is 22.3 Å². The molecule has 0 saturated heterocycles. The molecule has 0 aliphatic carbocycles. The topological polar surface area (TPSA) is 54.9 Å². The summed E-state index contributed by atoms with van der Waals surface area (Å²) < 4.78 is 41.5. The maximum Gasteiger partial charge on any atom is 0.418 e. The molecular weight excluding hydrogens is 375 g/mol. The van der Waals surface area contributed by atoms with Gasteiger partial charge in [0.1, 0.15) is 5.82 Å². The second-order valence-corrected chi connectivity index (χ2v) is 6.88. The molecule has 0 aromatic carbocycles. The second-order valence-electron chi connectivity index (χ2n) is 5.93. The zero-order chi connectivity index (χ0) is 19.2. The van der Waals surface area contributed by atoms with Crippen molar-refractivity contribution in [3.8, 4) is 11.1 Å². The summed E-state index contributed by atoms with van der Waals surface area (Å²) in [6.45, 7) is 1.74. The van der Waals surface area contributed by atoms with Gasteiger partial charge in [-0.25, -0.2) is 4.98 Å². The highest BCUT2D eigenvalue weighted by atomic mass is 32.1. The fourth-order valence-corrected chi connectivity index (χ4v) is 3.88. The Morgan fingerprint density at radius 1 is 1.15 bits per heavy atom. The fourth-order valence-electron chi connectivity index (χ4n) is 3.08. The number of hydrogen-bond donors (Lipinski definition) is 1. The second kappa shape index (κ2) is 6.31. The van der Waals surface area contributed by atoms with Crippen LogP contribution < -0.4 is 5.32 Å². The third-order valence-electron chi connectivity index (χ3n) is 4.23. The Kier molecular flexibility index (Phi) is 4.07. The normalized spacial score (nSPS) is 15.5. The minimum absolute atomic E-state index is 0.00784. The Morgan fingerprint density at radius 3 is 2.52 bits per heavy atom. The summed E-state index contributed by atoms with van der Waals surface area (Å²) in [5.41, 5.74) is 0.825. The summed E-state index contributed by atoms with van der Waals surface area (Å²) in [6, 6.07) is 7.95. The van der Waals surface area contributed by atoms with E-state index in [2.05, 4.69) is 15.3 Å². The lowest BCUT2D eigenvalue weighted by Gasteiger charge is -2.14. The lowest BCUT2D eigenvalue weighted by molar-refractivity contribution is -0.111. The molecule has 0 bridgehead atoms. The van der Waals surface area contributed by atoms with Gasteiger partial charge in [0.05, 0.1) is 11.1 Å². The van der Waals surface area contributed by atoms with Crippen LogP contribution in [0.15, 0.2) is 48.1 Å². The standard InChI is InChI=1S/C19H12F3N3OS/c1-10-12(11-4-6-23-7-5-11)9-13-15(18(26)25-17(13)24-10)16(19(20,21)22)14-3-2-8-27-14/h2-9H,1H3,(H,24,25,26). The molecule has 0 fully saturated rings. The largest absolute Gasteiger partial charge is 0.418 e. The highest BCUT2D eigenvalue weighted by Crippen LogP contribution is 2.46. The van der Waals surface area contributed by atoms with Gasteiger partial charge in [-0.3, -0.25) is 9.78 Å². The van der Waals surface area contributed by atoms with Crippen molar-refractivity contribution in [2.75, 3.05) is 5.32 Å². The molecule has 0 spiro atoms. The number of nitrogens with one attached hydrogen (secondary N) is 1. The van der Waals surface area contributed by atoms with Gasteiger partial charge in [0.2, 0.25) is 0 Å². The summed E-state index contributed by atoms with van der Waals surface area (Å²) in [4.78, 5) is 20.7. The molecule has 1 aliphatic heterocycles. The van der Waals surface area contributed by atoms with Gasteiger partial charge in [-0.05, 0) is 42.1 Å². The number of hydrogen-bond acceptors (Lipinski definition) is 4. The number of carbonyl (C=O) groups is 1. The number of anilines is 1. The number of thiophene rings is 1. The number of fused-ring (bicyclic) bond motifs is 1. The number of aromatic nitrogens is 2. The van der Waals surface area contributed by atoms with Crippen LogP contribution >= 0.6 is 11.3 Å². The maximum absolute atomic E-state index is 13.8. The maximum atomic E-state index is 13.8. The van der Waals surface area contributed by atoms with Crippen molar-refractivity contribution in [2.24, 2.45) is 0 Å². The summed E-state index contributed by atoms with van der Waals surface area (Å²) >= 11 is 0.939. The Balaban J connectivity index is 2.00. The predicted molar refractivity (Wildman–Crippen MR) is 98.0 cm³/mol. The first-order chi connectivity index (χ1) is 12.9. The number of rotatable bonds is 2. The van der Waals surface area contributed by atoms with Gasteiger partial charge in [-0.2, -0.15) is 13.2 Å². The van der Waals surface area contributed by atoms with Crippen LogP contribution in [0.5, 0.6) is 0 Å². The minimum Gasteiger partial charge on any atom is -0.306 e. The fraction of sp³-hybridized carbons (Fsp3) is 0.105. The smallest absolute Gasteiger partial charge is 0.306 e. The van der Waals surface area contributed by atoms with E-state index in [1.807, 2.05) is 0 Å². The van der Waals surface area contributed by atoms with Crippen LogP contribution in [0.4, 0.5) is 19.0 Å². The molecule has 0 atom stereocenters. The first kappa shape index (κ1) is 17.4. The molecule has 4 nitrogen and oxygen atoms in total. The average Bonchev–Trinajstić information content (AvgIpc) is 3.23. The van der Waals surface area contributed by atoms with E-state index in [9.17, 15) is 18.0 Å². The highest BCUT2D eigenvalue weighted by molar-refractivity contribution is 7.11. The molecule has 4 heterocycles. The van der Waals surface area contributed by atoms with Gasteiger partial charge in [-0.1, -0.05) is 6.07 Å². The molecule has 27 heavy (non-hydrogen) atoms. The van der Waals surface area contributed by atoms with Crippen LogP contribution in [0.1, 0.15) is 16.1 Å². The minimum atomic E-state index is -4.68. The van der Waals surface area contributed by atoms with Crippen molar-refractivity contribution in [2.45, 2.75) is 13.1 Å². The van der Waals surface area contributed by atoms with Gasteiger partial charge in [0.15, 0.2) is 0 Å². The number of allylic oxidation sites excluding steroid dienone is 1. The van der Waals surface area contributed by atoms with E-state index in [0.717, 1.165) is 16.9 Å². The van der Waals surface area contributed by atoms with Crippen LogP contribution in [0, 0.1) is 6.92 Å². The van der Waals surface area contributed by atoms with Crippen molar-refractivity contribution in [1.82, 2.24) is 9.97 Å². The first-order valence-electron chi connectivity index (χ1n) is 7.95. The van der Waals surface area contributed by atoms with Crippen LogP contribution in [-0.4, -0.2) is 22.1 Å². The number of carbonyl (C=O) groups excluding carboxylic acids is 1. The Morgan fingerprint density at radius 2 is 1.89 bits per heavy atom. The highest BCUT2D eigenvalue weighted by Gasteiger charge is 2.43. The lowest BCUT2D eigenvalue weighted by Crippen LogP contribution is -2.15. The lowest BCUT2D eigenvalue weighted by atomic mass is 9.96. The third-order valence-corrected chi connectivity index (χ3v) is 5.12. The predicted octanol–water partition coefficient (Wildman–Crippen LogP) is 4.94. The molecule has 1 aliphatic rings. The summed E-state index contributed by atoms with van der Waals surface area (Å²) in [5.74, 6) is -0.659.